The third kappa shape index (κ3) is 3.18. The van der Waals surface area contributed by atoms with E-state index in [1.165, 1.54) is 14.1 Å². The van der Waals surface area contributed by atoms with Gasteiger partial charge in [-0.3, -0.25) is 14.2 Å². The number of nitrogens with one attached hydrogen (secondary N) is 1. The topological polar surface area (TPSA) is 144 Å². The van der Waals surface area contributed by atoms with Gasteiger partial charge >= 0.3 is 17.6 Å². The Kier molecular flexibility index (Phi) is 4.04. The van der Waals surface area contributed by atoms with Gasteiger partial charge in [0.25, 0.3) is 5.56 Å². The summed E-state index contributed by atoms with van der Waals surface area (Å²) in [5, 5.41) is 23.2. The minimum atomic E-state index is -1.52. The van der Waals surface area contributed by atoms with Crippen molar-refractivity contribution in [3.8, 4) is 0 Å². The van der Waals surface area contributed by atoms with Gasteiger partial charge in [0.15, 0.2) is 0 Å². The quantitative estimate of drug-likeness (QED) is 0.548. The molecule has 0 amide bonds. The monoisotopic (exact) mass is 272 g/mol. The molecular weight excluding hydrogens is 260 g/mol. The molecule has 0 saturated carbocycles. The fraction of sp³-hybridized carbons (Fsp3) is 0.444. The molecule has 0 aliphatic carbocycles. The van der Waals surface area contributed by atoms with Gasteiger partial charge in [0.2, 0.25) is 5.82 Å². The minimum absolute atomic E-state index is 0.404. The third-order valence-corrected chi connectivity index (χ3v) is 2.31. The summed E-state index contributed by atoms with van der Waals surface area (Å²) in [6, 6.07) is -1.52. The average molecular weight is 272 g/mol. The van der Waals surface area contributed by atoms with E-state index in [9.17, 15) is 19.2 Å². The number of nitrogens with zero attached hydrogens (tertiary/aromatic N) is 3. The van der Waals surface area contributed by atoms with Gasteiger partial charge in [-0.05, 0) is 0 Å². The van der Waals surface area contributed by atoms with E-state index >= 15 is 0 Å². The molecule has 0 aliphatic heterocycles. The zero-order valence-electron chi connectivity index (χ0n) is 10.2. The minimum Gasteiger partial charge on any atom is -0.481 e. The lowest BCUT2D eigenvalue weighted by molar-refractivity contribution is -0.144. The fourth-order valence-corrected chi connectivity index (χ4v) is 1.33. The second kappa shape index (κ2) is 5.33. The SMILES string of the molecule is Cn1nc(NC(CC(=O)O)C(=O)O)c(=O)n(C)c1=O. The summed E-state index contributed by atoms with van der Waals surface area (Å²) in [5.74, 6) is -3.19. The Labute approximate surface area is 105 Å². The molecule has 0 bridgehead atoms. The molecule has 3 N–H and O–H groups in total. The van der Waals surface area contributed by atoms with Crippen LogP contribution in [0.3, 0.4) is 0 Å². The van der Waals surface area contributed by atoms with E-state index in [0.717, 1.165) is 9.25 Å². The number of rotatable bonds is 5. The Morgan fingerprint density at radius 1 is 1.32 bits per heavy atom. The van der Waals surface area contributed by atoms with Crippen molar-refractivity contribution >= 4 is 17.8 Å². The zero-order valence-corrected chi connectivity index (χ0v) is 10.2. The molecule has 10 nitrogen and oxygen atoms in total. The highest BCUT2D eigenvalue weighted by Crippen LogP contribution is 2.00. The summed E-state index contributed by atoms with van der Waals surface area (Å²) in [7, 11) is 2.48. The summed E-state index contributed by atoms with van der Waals surface area (Å²) < 4.78 is 1.57. The fourth-order valence-electron chi connectivity index (χ4n) is 1.33. The predicted octanol–water partition coefficient (Wildman–Crippen LogP) is -2.18. The molecular formula is C9H12N4O6. The van der Waals surface area contributed by atoms with Gasteiger partial charge < -0.3 is 15.5 Å². The number of hydrogen-bond acceptors (Lipinski definition) is 6. The van der Waals surface area contributed by atoms with Gasteiger partial charge in [0, 0.05) is 14.1 Å². The van der Waals surface area contributed by atoms with Crippen LogP contribution in [0.1, 0.15) is 6.42 Å². The largest absolute Gasteiger partial charge is 0.481 e. The smallest absolute Gasteiger partial charge is 0.346 e. The molecule has 1 aromatic heterocycles. The molecule has 0 aromatic carbocycles. The number of carbonyl (C=O) groups is 2. The highest BCUT2D eigenvalue weighted by molar-refractivity contribution is 5.83. The number of carboxylic acid groups (broad SMARTS) is 2. The van der Waals surface area contributed by atoms with Crippen molar-refractivity contribution < 1.29 is 19.8 Å². The van der Waals surface area contributed by atoms with Crippen molar-refractivity contribution in [2.45, 2.75) is 12.5 Å². The first-order valence-corrected chi connectivity index (χ1v) is 5.09. The Morgan fingerprint density at radius 2 is 1.89 bits per heavy atom. The summed E-state index contributed by atoms with van der Waals surface area (Å²) >= 11 is 0. The Balaban J connectivity index is 3.17. The van der Waals surface area contributed by atoms with E-state index in [2.05, 4.69) is 10.4 Å². The summed E-state index contributed by atoms with van der Waals surface area (Å²) in [4.78, 5) is 44.4. The van der Waals surface area contributed by atoms with Gasteiger partial charge in [-0.1, -0.05) is 0 Å². The molecule has 1 aromatic rings. The lowest BCUT2D eigenvalue weighted by atomic mass is 10.2. The molecule has 1 atom stereocenters. The van der Waals surface area contributed by atoms with Crippen LogP contribution in [-0.4, -0.2) is 42.5 Å². The molecule has 19 heavy (non-hydrogen) atoms. The van der Waals surface area contributed by atoms with Crippen LogP contribution in [0.25, 0.3) is 0 Å². The van der Waals surface area contributed by atoms with Gasteiger partial charge in [-0.25, -0.2) is 14.3 Å². The van der Waals surface area contributed by atoms with Crippen LogP contribution in [0, 0.1) is 0 Å². The van der Waals surface area contributed by atoms with Crippen molar-refractivity contribution in [2.75, 3.05) is 5.32 Å². The van der Waals surface area contributed by atoms with Crippen LogP contribution in [0.4, 0.5) is 5.82 Å². The van der Waals surface area contributed by atoms with Crippen molar-refractivity contribution in [3.63, 3.8) is 0 Å². The highest BCUT2D eigenvalue weighted by Gasteiger charge is 2.23. The van der Waals surface area contributed by atoms with Crippen molar-refractivity contribution in [1.82, 2.24) is 14.3 Å². The highest BCUT2D eigenvalue weighted by atomic mass is 16.4. The average Bonchev–Trinajstić information content (AvgIpc) is 2.31. The van der Waals surface area contributed by atoms with Gasteiger partial charge in [-0.2, -0.15) is 0 Å². The van der Waals surface area contributed by atoms with E-state index in [1.54, 1.807) is 0 Å². The maximum atomic E-state index is 11.7. The molecule has 0 aliphatic rings. The summed E-state index contributed by atoms with van der Waals surface area (Å²) in [6.07, 6.45) is -0.733. The van der Waals surface area contributed by atoms with E-state index in [-0.39, 0.29) is 0 Å². The zero-order chi connectivity index (χ0) is 14.7. The van der Waals surface area contributed by atoms with Crippen LogP contribution in [-0.2, 0) is 23.7 Å². The van der Waals surface area contributed by atoms with Crippen molar-refractivity contribution in [2.24, 2.45) is 14.1 Å². The van der Waals surface area contributed by atoms with Crippen LogP contribution in [0.2, 0.25) is 0 Å². The Hall–Kier alpha value is -2.65. The first-order chi connectivity index (χ1) is 8.73. The standard InChI is InChI=1S/C9H12N4O6/c1-12-7(16)6(11-13(2)9(12)19)10-4(8(17)18)3-5(14)15/h4H,3H2,1-2H3,(H,10,11)(H,14,15)(H,17,18). The van der Waals surface area contributed by atoms with Crippen molar-refractivity contribution in [3.05, 3.63) is 20.8 Å². The second-order valence-corrected chi connectivity index (χ2v) is 3.75. The van der Waals surface area contributed by atoms with Crippen molar-refractivity contribution in [1.29, 1.82) is 0 Å². The first kappa shape index (κ1) is 14.4. The molecule has 1 rings (SSSR count). The molecule has 0 spiro atoms. The molecule has 104 valence electrons. The number of hydrogen-bond donors (Lipinski definition) is 3. The molecule has 1 heterocycles. The van der Waals surface area contributed by atoms with E-state index in [4.69, 9.17) is 10.2 Å². The second-order valence-electron chi connectivity index (χ2n) is 3.75. The molecule has 0 saturated heterocycles. The number of anilines is 1. The van der Waals surface area contributed by atoms with E-state index in [0.29, 0.717) is 0 Å². The normalized spacial score (nSPS) is 11.9. The lowest BCUT2D eigenvalue weighted by Crippen LogP contribution is -2.42. The first-order valence-electron chi connectivity index (χ1n) is 5.09. The third-order valence-electron chi connectivity index (χ3n) is 2.31. The molecule has 1 unspecified atom stereocenters. The Morgan fingerprint density at radius 3 is 2.37 bits per heavy atom. The van der Waals surface area contributed by atoms with E-state index in [1.807, 2.05) is 0 Å². The number of aliphatic carboxylic acids is 2. The molecule has 0 fully saturated rings. The predicted molar refractivity (Wildman–Crippen MR) is 62.0 cm³/mol. The van der Waals surface area contributed by atoms with Gasteiger partial charge in [0.1, 0.15) is 6.04 Å². The van der Waals surface area contributed by atoms with Crippen LogP contribution < -0.4 is 16.6 Å². The van der Waals surface area contributed by atoms with Gasteiger partial charge in [-0.15, -0.1) is 5.10 Å². The number of carboxylic acids is 2. The number of aryl methyl sites for hydroxylation is 1. The van der Waals surface area contributed by atoms with Crippen LogP contribution in [0.5, 0.6) is 0 Å². The summed E-state index contributed by atoms with van der Waals surface area (Å²) in [5.41, 5.74) is -1.51. The number of aromatic nitrogens is 3. The maximum absolute atomic E-state index is 11.7. The molecule has 10 heteroatoms. The van der Waals surface area contributed by atoms with Gasteiger partial charge in [0.05, 0.1) is 6.42 Å². The van der Waals surface area contributed by atoms with E-state index < -0.39 is 41.5 Å². The maximum Gasteiger partial charge on any atom is 0.346 e. The molecule has 0 radical (unpaired) electrons. The van der Waals surface area contributed by atoms with Crippen LogP contribution >= 0.6 is 0 Å². The Bertz CT molecular complexity index is 631. The van der Waals surface area contributed by atoms with Crippen LogP contribution in [0.15, 0.2) is 9.59 Å². The summed E-state index contributed by atoms with van der Waals surface area (Å²) in [6.45, 7) is 0. The lowest BCUT2D eigenvalue weighted by Gasteiger charge is -2.13.